The van der Waals surface area contributed by atoms with Gasteiger partial charge in [-0.15, -0.1) is 0 Å². The van der Waals surface area contributed by atoms with E-state index in [9.17, 15) is 0 Å². The number of allylic oxidation sites excluding steroid dienone is 6. The van der Waals surface area contributed by atoms with Gasteiger partial charge in [-0.3, -0.25) is 0 Å². The van der Waals surface area contributed by atoms with E-state index in [1.54, 1.807) is 0 Å². The second kappa shape index (κ2) is 18.2. The van der Waals surface area contributed by atoms with Crippen LogP contribution in [0.5, 0.6) is 5.75 Å². The average Bonchev–Trinajstić information content (AvgIpc) is 4.36. The van der Waals surface area contributed by atoms with E-state index in [0.717, 1.165) is 39.9 Å². The summed E-state index contributed by atoms with van der Waals surface area (Å²) in [5.41, 5.74) is 22.6. The summed E-state index contributed by atoms with van der Waals surface area (Å²) in [5, 5.41) is 0. The highest BCUT2D eigenvalue weighted by atomic mass is 16.5. The summed E-state index contributed by atoms with van der Waals surface area (Å²) in [5.74, 6) is 1.35. The Morgan fingerprint density at radius 3 is 1.42 bits per heavy atom. The molecular weight excluding hydrogens is 941 g/mol. The average molecular weight is 1000 g/mol. The number of ether oxygens (including phenoxy) is 3. The van der Waals surface area contributed by atoms with E-state index in [2.05, 4.69) is 268 Å². The molecule has 0 bridgehead atoms. The van der Waals surface area contributed by atoms with Gasteiger partial charge in [0.1, 0.15) is 18.0 Å². The molecule has 376 valence electrons. The molecule has 2 saturated heterocycles. The Bertz CT molecular complexity index is 3840. The molecule has 2 fully saturated rings. The quantitative estimate of drug-likeness (QED) is 0.152. The van der Waals surface area contributed by atoms with Gasteiger partial charge in [0.25, 0.3) is 0 Å². The molecule has 77 heavy (non-hydrogen) atoms. The third-order valence-corrected chi connectivity index (χ3v) is 17.9. The summed E-state index contributed by atoms with van der Waals surface area (Å²) in [6, 6.07) is 59.8. The maximum atomic E-state index is 7.56. The summed E-state index contributed by atoms with van der Waals surface area (Å²) < 4.78 is 22.4. The van der Waals surface area contributed by atoms with Gasteiger partial charge in [-0.2, -0.15) is 0 Å². The van der Waals surface area contributed by atoms with Crippen LogP contribution in [0.3, 0.4) is 0 Å². The van der Waals surface area contributed by atoms with Crippen molar-refractivity contribution >= 4 is 39.6 Å². The van der Waals surface area contributed by atoms with Crippen LogP contribution in [0.1, 0.15) is 79.3 Å². The third-order valence-electron chi connectivity index (χ3n) is 17.9. The van der Waals surface area contributed by atoms with Crippen molar-refractivity contribution in [1.82, 2.24) is 0 Å². The van der Waals surface area contributed by atoms with E-state index in [1.807, 2.05) is 0 Å². The molecule has 5 aliphatic carbocycles. The number of benzene rings is 7. The lowest BCUT2D eigenvalue weighted by atomic mass is 9.73. The largest absolute Gasteiger partial charge is 0.482 e. The minimum atomic E-state index is -0.184. The Labute approximate surface area is 452 Å². The fourth-order valence-electron chi connectivity index (χ4n) is 14.3. The SMILES string of the molecule is Cc1ccccc1C1=CC=CC2c3cccc(N(C4=CC5C(OC6c7ccccc7C(N(C7=CC=CC8C7OC7C(c9ccccc9C)=CC=CC78)c7ccccc7C)=CC65)c5ccccc54)c4ccccc4C)c3OC12. The van der Waals surface area contributed by atoms with Crippen LogP contribution in [0.15, 0.2) is 236 Å². The van der Waals surface area contributed by atoms with Crippen molar-refractivity contribution in [1.29, 1.82) is 0 Å². The van der Waals surface area contributed by atoms with Crippen molar-refractivity contribution < 1.29 is 14.2 Å². The van der Waals surface area contributed by atoms with Gasteiger partial charge in [0, 0.05) is 68.9 Å². The Morgan fingerprint density at radius 2 is 0.805 bits per heavy atom. The molecule has 0 saturated carbocycles. The standard InChI is InChI=1S/C72H60N2O3/c1-43-21-5-9-25-47(43)51-31-17-33-55-57-35-19-39-63(71(57)76-67(51)55)73(61-37-15-7-23-45(61)3)65-41-59-60-42-66(50-28-12-14-30-54(50)70(60)75-69(59)53-29-13-11-27-49(53)65)74(62-38-16-8-24-46(62)4)64-40-20-36-58-56-34-18-32-52(68(56)77-72(58)64)48-26-10-6-22-44(48)2/h5-42,55-57,59-60,67-71H,1-4H3. The van der Waals surface area contributed by atoms with Crippen LogP contribution in [0, 0.1) is 51.4 Å². The van der Waals surface area contributed by atoms with E-state index in [0.29, 0.717) is 0 Å². The van der Waals surface area contributed by atoms with Gasteiger partial charge in [-0.1, -0.05) is 206 Å². The minimum absolute atomic E-state index is 0.00724. The lowest BCUT2D eigenvalue weighted by Crippen LogP contribution is -2.36. The first-order valence-electron chi connectivity index (χ1n) is 27.6. The van der Waals surface area contributed by atoms with Crippen LogP contribution in [0.2, 0.25) is 0 Å². The predicted octanol–water partition coefficient (Wildman–Crippen LogP) is 16.6. The number of rotatable bonds is 8. The molecule has 3 heterocycles. The Hall–Kier alpha value is -8.22. The van der Waals surface area contributed by atoms with Crippen LogP contribution < -0.4 is 14.5 Å². The molecule has 5 nitrogen and oxygen atoms in total. The van der Waals surface area contributed by atoms with Gasteiger partial charge in [0.2, 0.25) is 0 Å². The van der Waals surface area contributed by atoms with Crippen LogP contribution in [-0.4, -0.2) is 18.3 Å². The summed E-state index contributed by atoms with van der Waals surface area (Å²) in [7, 11) is 0. The number of aryl methyl sites for hydroxylation is 4. The Balaban J connectivity index is 0.878. The number of anilines is 3. The fraction of sp³-hybridized carbons (Fsp3) is 0.194. The number of para-hydroxylation sites is 3. The molecule has 7 aromatic carbocycles. The number of nitrogens with zero attached hydrogens (tertiary/aromatic N) is 2. The Morgan fingerprint density at radius 1 is 0.351 bits per heavy atom. The molecule has 5 heteroatoms. The highest BCUT2D eigenvalue weighted by Crippen LogP contribution is 2.61. The van der Waals surface area contributed by atoms with Crippen molar-refractivity contribution in [3.05, 3.63) is 298 Å². The van der Waals surface area contributed by atoms with E-state index in [4.69, 9.17) is 14.2 Å². The maximum Gasteiger partial charge on any atom is 0.148 e. The molecule has 0 amide bonds. The zero-order valence-corrected chi connectivity index (χ0v) is 43.8. The first kappa shape index (κ1) is 46.1. The summed E-state index contributed by atoms with van der Waals surface area (Å²) in [4.78, 5) is 5.05. The zero-order valence-electron chi connectivity index (χ0n) is 43.8. The van der Waals surface area contributed by atoms with Crippen molar-refractivity contribution in [3.63, 3.8) is 0 Å². The second-order valence-corrected chi connectivity index (χ2v) is 22.2. The first-order valence-corrected chi connectivity index (χ1v) is 27.6. The molecule has 8 aliphatic rings. The predicted molar refractivity (Wildman–Crippen MR) is 312 cm³/mol. The first-order chi connectivity index (χ1) is 37.9. The lowest BCUT2D eigenvalue weighted by molar-refractivity contribution is 0.0314. The molecule has 0 N–H and O–H groups in total. The van der Waals surface area contributed by atoms with Gasteiger partial charge < -0.3 is 24.0 Å². The Kier molecular flexibility index (Phi) is 10.9. The topological polar surface area (TPSA) is 34.2 Å². The second-order valence-electron chi connectivity index (χ2n) is 22.2. The number of fused-ring (bicyclic) bond motifs is 13. The zero-order chi connectivity index (χ0) is 51.5. The van der Waals surface area contributed by atoms with Crippen LogP contribution in [-0.2, 0) is 9.47 Å². The fourth-order valence-corrected chi connectivity index (χ4v) is 14.3. The van der Waals surface area contributed by atoms with Crippen molar-refractivity contribution in [3.8, 4) is 5.75 Å². The van der Waals surface area contributed by atoms with Crippen molar-refractivity contribution in [2.24, 2.45) is 23.7 Å². The summed E-state index contributed by atoms with van der Waals surface area (Å²) in [6.45, 7) is 8.88. The molecule has 3 aliphatic heterocycles. The van der Waals surface area contributed by atoms with Crippen LogP contribution in [0.4, 0.5) is 17.1 Å². The lowest BCUT2D eigenvalue weighted by Gasteiger charge is -2.40. The molecule has 15 rings (SSSR count). The molecule has 0 aromatic heterocycles. The van der Waals surface area contributed by atoms with Crippen molar-refractivity contribution in [2.75, 3.05) is 9.80 Å². The minimum Gasteiger partial charge on any atom is -0.482 e. The molecule has 10 atom stereocenters. The summed E-state index contributed by atoms with van der Waals surface area (Å²) >= 11 is 0. The third kappa shape index (κ3) is 7.20. The van der Waals surface area contributed by atoms with Crippen molar-refractivity contribution in [2.45, 2.75) is 64.1 Å². The maximum absolute atomic E-state index is 7.56. The molecule has 0 spiro atoms. The van der Waals surface area contributed by atoms with E-state index >= 15 is 0 Å². The molecule has 7 aromatic rings. The summed E-state index contributed by atoms with van der Waals surface area (Å²) in [6.07, 6.45) is 25.1. The smallest absolute Gasteiger partial charge is 0.148 e. The van der Waals surface area contributed by atoms with Crippen LogP contribution in [0.25, 0.3) is 22.5 Å². The van der Waals surface area contributed by atoms with E-state index < -0.39 is 0 Å². The molecular formula is C72H60N2O3. The number of hydrogen-bond acceptors (Lipinski definition) is 5. The monoisotopic (exact) mass is 1000 g/mol. The highest BCUT2D eigenvalue weighted by Gasteiger charge is 2.53. The van der Waals surface area contributed by atoms with Gasteiger partial charge in [-0.25, -0.2) is 0 Å². The normalized spacial score (nSPS) is 26.4. The molecule has 0 radical (unpaired) electrons. The molecule has 10 unspecified atom stereocenters. The van der Waals surface area contributed by atoms with Crippen LogP contribution >= 0.6 is 0 Å². The van der Waals surface area contributed by atoms with Gasteiger partial charge in [0.15, 0.2) is 0 Å². The van der Waals surface area contributed by atoms with E-state index in [-0.39, 0.29) is 60.1 Å². The highest BCUT2D eigenvalue weighted by molar-refractivity contribution is 5.95. The number of hydrogen-bond donors (Lipinski definition) is 0. The van der Waals surface area contributed by atoms with Gasteiger partial charge >= 0.3 is 0 Å². The van der Waals surface area contributed by atoms with Gasteiger partial charge in [-0.05, 0) is 102 Å². The van der Waals surface area contributed by atoms with E-state index in [1.165, 1.54) is 72.3 Å². The van der Waals surface area contributed by atoms with Gasteiger partial charge in [0.05, 0.1) is 35.4 Å².